The van der Waals surface area contributed by atoms with E-state index in [1.165, 1.54) is 6.08 Å². The Morgan fingerprint density at radius 1 is 1.22 bits per heavy atom. The van der Waals surface area contributed by atoms with Gasteiger partial charge in [-0.2, -0.15) is 0 Å². The molecule has 2 aromatic rings. The molecule has 2 aromatic carbocycles. The minimum Gasteiger partial charge on any atom is -0.507 e. The van der Waals surface area contributed by atoms with E-state index < -0.39 is 11.1 Å². The third-order valence-corrected chi connectivity index (χ3v) is 5.95. The van der Waals surface area contributed by atoms with Crippen LogP contribution < -0.4 is 9.47 Å². The van der Waals surface area contributed by atoms with Crippen LogP contribution in [0.15, 0.2) is 35.2 Å². The summed E-state index contributed by atoms with van der Waals surface area (Å²) in [5, 5.41) is 9.95. The molecule has 0 atom stereocenters. The summed E-state index contributed by atoms with van der Waals surface area (Å²) >= 11 is 9.18. The highest BCUT2D eigenvalue weighted by atomic mass is 127. The molecule has 2 aliphatic heterocycles. The van der Waals surface area contributed by atoms with E-state index in [0.717, 1.165) is 20.2 Å². The molecular formula is C18H11ClINO5S. The fraction of sp³-hybridized carbons (Fsp3) is 0.111. The van der Waals surface area contributed by atoms with Crippen LogP contribution in [0.1, 0.15) is 11.1 Å². The number of phenols is 1. The van der Waals surface area contributed by atoms with Crippen molar-refractivity contribution in [2.45, 2.75) is 6.54 Å². The van der Waals surface area contributed by atoms with Gasteiger partial charge in [0, 0.05) is 20.2 Å². The normalized spacial score (nSPS) is 17.3. The van der Waals surface area contributed by atoms with Gasteiger partial charge in [-0.15, -0.1) is 0 Å². The number of aromatic hydroxyl groups is 1. The van der Waals surface area contributed by atoms with E-state index in [2.05, 4.69) is 22.6 Å². The number of amides is 2. The number of thioether (sulfide) groups is 1. The second-order valence-corrected chi connectivity index (χ2v) is 8.41. The first-order valence-electron chi connectivity index (χ1n) is 7.74. The Balaban J connectivity index is 1.60. The van der Waals surface area contributed by atoms with E-state index in [1.807, 2.05) is 0 Å². The van der Waals surface area contributed by atoms with Crippen LogP contribution in [0.4, 0.5) is 4.79 Å². The molecule has 2 heterocycles. The smallest absolute Gasteiger partial charge is 0.293 e. The van der Waals surface area contributed by atoms with E-state index >= 15 is 0 Å². The van der Waals surface area contributed by atoms with Crippen molar-refractivity contribution in [2.24, 2.45) is 0 Å². The molecular weight excluding hydrogens is 505 g/mol. The Morgan fingerprint density at radius 2 is 1.96 bits per heavy atom. The Labute approximate surface area is 177 Å². The van der Waals surface area contributed by atoms with Gasteiger partial charge in [0.15, 0.2) is 11.5 Å². The molecule has 0 aliphatic carbocycles. The van der Waals surface area contributed by atoms with Gasteiger partial charge in [0.1, 0.15) is 5.75 Å². The number of halogens is 2. The van der Waals surface area contributed by atoms with Crippen molar-refractivity contribution in [3.05, 3.63) is 55.0 Å². The van der Waals surface area contributed by atoms with Gasteiger partial charge in [-0.25, -0.2) is 0 Å². The molecule has 1 fully saturated rings. The van der Waals surface area contributed by atoms with Gasteiger partial charge in [0.05, 0.1) is 11.4 Å². The largest absolute Gasteiger partial charge is 0.507 e. The molecule has 2 aliphatic rings. The zero-order valence-corrected chi connectivity index (χ0v) is 17.3. The summed E-state index contributed by atoms with van der Waals surface area (Å²) in [6.07, 6.45) is 1.52. The lowest BCUT2D eigenvalue weighted by atomic mass is 10.1. The molecule has 1 N–H and O–H groups in total. The highest BCUT2D eigenvalue weighted by Gasteiger charge is 2.36. The van der Waals surface area contributed by atoms with Crippen LogP contribution in [0.5, 0.6) is 17.2 Å². The number of ether oxygens (including phenoxy) is 2. The summed E-state index contributed by atoms with van der Waals surface area (Å²) in [5.74, 6) is 0.672. The zero-order chi connectivity index (χ0) is 19.1. The lowest BCUT2D eigenvalue weighted by Gasteiger charge is -2.14. The topological polar surface area (TPSA) is 76.1 Å². The third kappa shape index (κ3) is 3.61. The predicted octanol–water partition coefficient (Wildman–Crippen LogP) is 4.62. The fourth-order valence-corrected chi connectivity index (χ4v) is 4.23. The molecule has 0 aromatic heterocycles. The van der Waals surface area contributed by atoms with Crippen LogP contribution >= 0.6 is 46.0 Å². The van der Waals surface area contributed by atoms with Gasteiger partial charge in [-0.1, -0.05) is 11.6 Å². The molecule has 0 radical (unpaired) electrons. The first-order valence-corrected chi connectivity index (χ1v) is 10.0. The maximum atomic E-state index is 12.7. The van der Waals surface area contributed by atoms with Crippen molar-refractivity contribution >= 4 is 63.2 Å². The monoisotopic (exact) mass is 515 g/mol. The van der Waals surface area contributed by atoms with Crippen LogP contribution in [-0.2, 0) is 11.3 Å². The average molecular weight is 516 g/mol. The lowest BCUT2D eigenvalue weighted by molar-refractivity contribution is -0.123. The Morgan fingerprint density at radius 3 is 2.74 bits per heavy atom. The zero-order valence-electron chi connectivity index (χ0n) is 13.6. The molecule has 9 heteroatoms. The Kier molecular flexibility index (Phi) is 4.95. The molecule has 6 nitrogen and oxygen atoms in total. The highest BCUT2D eigenvalue weighted by Crippen LogP contribution is 2.39. The van der Waals surface area contributed by atoms with Gasteiger partial charge in [0.25, 0.3) is 11.1 Å². The number of hydrogen-bond acceptors (Lipinski definition) is 6. The summed E-state index contributed by atoms with van der Waals surface area (Å²) in [6.45, 7) is 0.134. The molecule has 4 rings (SSSR count). The molecule has 2 amide bonds. The first kappa shape index (κ1) is 18.5. The van der Waals surface area contributed by atoms with Crippen molar-refractivity contribution in [2.75, 3.05) is 6.79 Å². The molecule has 27 heavy (non-hydrogen) atoms. The number of carbonyl (C=O) groups is 2. The van der Waals surface area contributed by atoms with Gasteiger partial charge in [-0.3, -0.25) is 14.5 Å². The molecule has 138 valence electrons. The second kappa shape index (κ2) is 7.25. The van der Waals surface area contributed by atoms with Gasteiger partial charge in [0.2, 0.25) is 6.79 Å². The second-order valence-electron chi connectivity index (χ2n) is 5.77. The van der Waals surface area contributed by atoms with Crippen molar-refractivity contribution < 1.29 is 24.2 Å². The average Bonchev–Trinajstić information content (AvgIpc) is 3.17. The maximum Gasteiger partial charge on any atom is 0.293 e. The number of benzene rings is 2. The number of imide groups is 1. The summed E-state index contributed by atoms with van der Waals surface area (Å²) in [4.78, 5) is 26.4. The van der Waals surface area contributed by atoms with Crippen molar-refractivity contribution in [1.82, 2.24) is 4.90 Å². The van der Waals surface area contributed by atoms with Gasteiger partial charge in [-0.05, 0) is 70.3 Å². The SMILES string of the molecule is O=C1S/C(=C\c2cc(I)ccc2O)C(=O)N1Cc1cc2c(cc1Cl)OCO2. The summed E-state index contributed by atoms with van der Waals surface area (Å²) in [6, 6.07) is 8.31. The van der Waals surface area contributed by atoms with Gasteiger partial charge < -0.3 is 14.6 Å². The van der Waals surface area contributed by atoms with Crippen LogP contribution in [0.25, 0.3) is 6.08 Å². The molecule has 1 saturated heterocycles. The highest BCUT2D eigenvalue weighted by molar-refractivity contribution is 14.1. The Bertz CT molecular complexity index is 1010. The number of rotatable bonds is 3. The molecule has 0 spiro atoms. The standard InChI is InChI=1S/C18H11ClINO5S/c19-12-6-15-14(25-8-26-15)4-10(12)7-21-17(23)16(27-18(21)24)5-9-3-11(20)1-2-13(9)22/h1-6,22H,7-8H2/b16-5-. The number of fused-ring (bicyclic) bond motifs is 1. The van der Waals surface area contributed by atoms with Crippen LogP contribution in [0.3, 0.4) is 0 Å². The minimum absolute atomic E-state index is 0.0236. The number of phenolic OH excluding ortho intramolecular Hbond substituents is 1. The van der Waals surface area contributed by atoms with E-state index in [0.29, 0.717) is 27.6 Å². The number of carbonyl (C=O) groups excluding carboxylic acids is 2. The van der Waals surface area contributed by atoms with Crippen molar-refractivity contribution in [3.8, 4) is 17.2 Å². The predicted molar refractivity (Wildman–Crippen MR) is 110 cm³/mol. The molecule has 0 saturated carbocycles. The lowest BCUT2D eigenvalue weighted by Crippen LogP contribution is -2.27. The Hall–Kier alpha value is -1.91. The van der Waals surface area contributed by atoms with Gasteiger partial charge >= 0.3 is 0 Å². The fourth-order valence-electron chi connectivity index (χ4n) is 2.67. The third-order valence-electron chi connectivity index (χ3n) is 4.02. The van der Waals surface area contributed by atoms with Crippen molar-refractivity contribution in [3.63, 3.8) is 0 Å². The summed E-state index contributed by atoms with van der Waals surface area (Å²) in [5.41, 5.74) is 1.06. The van der Waals surface area contributed by atoms with Crippen LogP contribution in [0, 0.1) is 3.57 Å². The summed E-state index contributed by atoms with van der Waals surface area (Å²) in [7, 11) is 0. The first-order chi connectivity index (χ1) is 12.9. The van der Waals surface area contributed by atoms with Crippen LogP contribution in [0.2, 0.25) is 5.02 Å². The minimum atomic E-state index is -0.433. The van der Waals surface area contributed by atoms with E-state index in [1.54, 1.807) is 30.3 Å². The quantitative estimate of drug-likeness (QED) is 0.475. The van der Waals surface area contributed by atoms with E-state index in [-0.39, 0.29) is 24.0 Å². The number of nitrogens with zero attached hydrogens (tertiary/aromatic N) is 1. The van der Waals surface area contributed by atoms with Crippen LogP contribution in [-0.4, -0.2) is 27.9 Å². The number of hydrogen-bond donors (Lipinski definition) is 1. The van der Waals surface area contributed by atoms with E-state index in [9.17, 15) is 14.7 Å². The summed E-state index contributed by atoms with van der Waals surface area (Å²) < 4.78 is 11.5. The molecule has 0 bridgehead atoms. The maximum absolute atomic E-state index is 12.7. The molecule has 0 unspecified atom stereocenters. The van der Waals surface area contributed by atoms with Crippen molar-refractivity contribution in [1.29, 1.82) is 0 Å². The van der Waals surface area contributed by atoms with E-state index in [4.69, 9.17) is 21.1 Å².